The molecule has 0 bridgehead atoms. The van der Waals surface area contributed by atoms with E-state index in [2.05, 4.69) is 5.16 Å². The highest BCUT2D eigenvalue weighted by Crippen LogP contribution is 2.36. The Balaban J connectivity index is 2.01. The van der Waals surface area contributed by atoms with E-state index in [0.29, 0.717) is 22.0 Å². The first kappa shape index (κ1) is 15.6. The summed E-state index contributed by atoms with van der Waals surface area (Å²) < 4.78 is 11.0. The molecule has 0 radical (unpaired) electrons. The number of benzene rings is 3. The Bertz CT molecular complexity index is 1370. The second-order valence-electron chi connectivity index (χ2n) is 6.38. The van der Waals surface area contributed by atoms with E-state index >= 15 is 0 Å². The predicted molar refractivity (Wildman–Crippen MR) is 107 cm³/mol. The molecule has 5 aromatic rings. The molecule has 0 amide bonds. The van der Waals surface area contributed by atoms with Crippen molar-refractivity contribution in [3.8, 4) is 17.1 Å². The number of nitrogens with zero attached hydrogens (tertiary/aromatic N) is 1. The molecule has 4 heteroatoms. The summed E-state index contributed by atoms with van der Waals surface area (Å²) in [6.07, 6.45) is 0. The van der Waals surface area contributed by atoms with Crippen LogP contribution in [-0.4, -0.2) is 12.3 Å². The van der Waals surface area contributed by atoms with Crippen LogP contribution in [0.5, 0.6) is 5.75 Å². The van der Waals surface area contributed by atoms with Crippen LogP contribution in [0.1, 0.15) is 0 Å². The van der Waals surface area contributed by atoms with Gasteiger partial charge in [0.2, 0.25) is 0 Å². The van der Waals surface area contributed by atoms with E-state index in [0.717, 1.165) is 27.5 Å². The molecular formula is C23H15NO3. The third-order valence-electron chi connectivity index (χ3n) is 4.91. The summed E-state index contributed by atoms with van der Waals surface area (Å²) in [5, 5.41) is 8.11. The molecule has 130 valence electrons. The van der Waals surface area contributed by atoms with E-state index < -0.39 is 0 Å². The van der Waals surface area contributed by atoms with Crippen LogP contribution >= 0.6 is 0 Å². The van der Waals surface area contributed by atoms with Crippen LogP contribution in [0.15, 0.2) is 82.1 Å². The summed E-state index contributed by atoms with van der Waals surface area (Å²) in [7, 11) is 1.63. The number of fused-ring (bicyclic) bond motifs is 5. The molecule has 5 rings (SSSR count). The van der Waals surface area contributed by atoms with Gasteiger partial charge in [-0.25, -0.2) is 0 Å². The highest BCUT2D eigenvalue weighted by Gasteiger charge is 2.17. The van der Waals surface area contributed by atoms with Crippen LogP contribution in [0.2, 0.25) is 0 Å². The van der Waals surface area contributed by atoms with Gasteiger partial charge < -0.3 is 9.26 Å². The number of rotatable bonds is 2. The maximum Gasteiger partial charge on any atom is 0.194 e. The van der Waals surface area contributed by atoms with Gasteiger partial charge >= 0.3 is 0 Å². The fraction of sp³-hybridized carbons (Fsp3) is 0.0435. The lowest BCUT2D eigenvalue weighted by atomic mass is 10.0. The summed E-state index contributed by atoms with van der Waals surface area (Å²) in [4.78, 5) is 13.2. The summed E-state index contributed by atoms with van der Waals surface area (Å²) in [5.74, 6) is 1.41. The molecule has 0 fully saturated rings. The van der Waals surface area contributed by atoms with Crippen molar-refractivity contribution in [3.63, 3.8) is 0 Å². The van der Waals surface area contributed by atoms with Gasteiger partial charge in [0, 0.05) is 21.7 Å². The molecule has 0 unspecified atom stereocenters. The van der Waals surface area contributed by atoms with Gasteiger partial charge in [-0.15, -0.1) is 0 Å². The van der Waals surface area contributed by atoms with Crippen LogP contribution < -0.4 is 10.2 Å². The van der Waals surface area contributed by atoms with Gasteiger partial charge in [0.05, 0.1) is 12.5 Å². The SMILES string of the molecule is COc1ccc(-c2onc3c4ccccc4c(=O)c4ccccc4c23)cc1. The lowest BCUT2D eigenvalue weighted by molar-refractivity contribution is 0.414. The second kappa shape index (κ2) is 5.95. The molecule has 27 heavy (non-hydrogen) atoms. The van der Waals surface area contributed by atoms with Crippen LogP contribution in [0.4, 0.5) is 0 Å². The predicted octanol–water partition coefficient (Wildman–Crippen LogP) is 5.17. The van der Waals surface area contributed by atoms with Crippen molar-refractivity contribution in [1.82, 2.24) is 5.16 Å². The zero-order valence-corrected chi connectivity index (χ0v) is 14.6. The minimum Gasteiger partial charge on any atom is -0.497 e. The van der Waals surface area contributed by atoms with Crippen molar-refractivity contribution >= 4 is 32.4 Å². The average Bonchev–Trinajstić information content (AvgIpc) is 3.14. The highest BCUT2D eigenvalue weighted by molar-refractivity contribution is 6.19. The first-order valence-corrected chi connectivity index (χ1v) is 8.65. The second-order valence-corrected chi connectivity index (χ2v) is 6.38. The average molecular weight is 353 g/mol. The maximum atomic E-state index is 13.2. The van der Waals surface area contributed by atoms with Crippen molar-refractivity contribution in [2.75, 3.05) is 7.11 Å². The van der Waals surface area contributed by atoms with Crippen LogP contribution in [0.3, 0.4) is 0 Å². The Labute approximate surface area is 154 Å². The van der Waals surface area contributed by atoms with Crippen molar-refractivity contribution in [3.05, 3.63) is 83.0 Å². The Hall–Kier alpha value is -3.66. The van der Waals surface area contributed by atoms with E-state index in [4.69, 9.17) is 9.26 Å². The van der Waals surface area contributed by atoms with Crippen molar-refractivity contribution < 1.29 is 9.26 Å². The van der Waals surface area contributed by atoms with Crippen LogP contribution in [-0.2, 0) is 0 Å². The molecule has 0 aliphatic heterocycles. The lowest BCUT2D eigenvalue weighted by Crippen LogP contribution is -1.97. The number of aromatic nitrogens is 1. The van der Waals surface area contributed by atoms with Gasteiger partial charge in [-0.1, -0.05) is 53.7 Å². The summed E-state index contributed by atoms with van der Waals surface area (Å²) in [6.45, 7) is 0. The summed E-state index contributed by atoms with van der Waals surface area (Å²) in [5.41, 5.74) is 1.57. The first-order chi connectivity index (χ1) is 13.3. The Morgan fingerprint density at radius 2 is 1.37 bits per heavy atom. The molecular weight excluding hydrogens is 338 g/mol. The minimum atomic E-state index is -0.000110. The molecule has 0 saturated heterocycles. The molecule has 4 aromatic carbocycles. The molecule has 0 spiro atoms. The quantitative estimate of drug-likeness (QED) is 0.439. The van der Waals surface area contributed by atoms with Gasteiger partial charge in [-0.2, -0.15) is 0 Å². The summed E-state index contributed by atoms with van der Waals surface area (Å²) in [6, 6.07) is 22.8. The lowest BCUT2D eigenvalue weighted by Gasteiger charge is -2.01. The van der Waals surface area contributed by atoms with Gasteiger partial charge in [-0.3, -0.25) is 4.79 Å². The Morgan fingerprint density at radius 3 is 2.04 bits per heavy atom. The van der Waals surface area contributed by atoms with Crippen molar-refractivity contribution in [2.45, 2.75) is 0 Å². The standard InChI is InChI=1S/C23H15NO3/c1-26-15-12-10-14(11-13-15)23-20-16-6-2-4-8-18(16)22(25)19-9-5-3-7-17(19)21(20)24-27-23/h2-13H,1H3. The number of hydrogen-bond donors (Lipinski definition) is 0. The molecule has 1 aromatic heterocycles. The monoisotopic (exact) mass is 353 g/mol. The Morgan fingerprint density at radius 1 is 0.778 bits per heavy atom. The Kier molecular flexibility index (Phi) is 3.44. The molecule has 0 atom stereocenters. The molecule has 1 heterocycles. The largest absolute Gasteiger partial charge is 0.497 e. The smallest absolute Gasteiger partial charge is 0.194 e. The van der Waals surface area contributed by atoms with E-state index in [9.17, 15) is 4.79 Å². The molecule has 0 saturated carbocycles. The zero-order chi connectivity index (χ0) is 18.4. The third kappa shape index (κ3) is 2.30. The molecule has 0 aliphatic carbocycles. The normalized spacial score (nSPS) is 11.3. The topological polar surface area (TPSA) is 52.3 Å². The molecule has 0 N–H and O–H groups in total. The first-order valence-electron chi connectivity index (χ1n) is 8.65. The maximum absolute atomic E-state index is 13.2. The van der Waals surface area contributed by atoms with E-state index in [1.165, 1.54) is 0 Å². The summed E-state index contributed by atoms with van der Waals surface area (Å²) >= 11 is 0. The van der Waals surface area contributed by atoms with Crippen molar-refractivity contribution in [2.24, 2.45) is 0 Å². The molecule has 0 aliphatic rings. The fourth-order valence-corrected chi connectivity index (χ4v) is 3.60. The van der Waals surface area contributed by atoms with Gasteiger partial charge in [0.15, 0.2) is 11.2 Å². The number of ether oxygens (including phenoxy) is 1. The van der Waals surface area contributed by atoms with Crippen LogP contribution in [0.25, 0.3) is 43.8 Å². The van der Waals surface area contributed by atoms with Gasteiger partial charge in [0.25, 0.3) is 0 Å². The fourth-order valence-electron chi connectivity index (χ4n) is 3.60. The number of methoxy groups -OCH3 is 1. The van der Waals surface area contributed by atoms with E-state index in [1.54, 1.807) is 7.11 Å². The van der Waals surface area contributed by atoms with Gasteiger partial charge in [0.1, 0.15) is 11.3 Å². The minimum absolute atomic E-state index is 0.000110. The van der Waals surface area contributed by atoms with Crippen LogP contribution in [0, 0.1) is 0 Å². The zero-order valence-electron chi connectivity index (χ0n) is 14.6. The van der Waals surface area contributed by atoms with E-state index in [-0.39, 0.29) is 5.43 Å². The van der Waals surface area contributed by atoms with Gasteiger partial charge in [-0.05, 0) is 29.7 Å². The van der Waals surface area contributed by atoms with E-state index in [1.807, 2.05) is 72.8 Å². The third-order valence-corrected chi connectivity index (χ3v) is 4.91. The number of hydrogen-bond acceptors (Lipinski definition) is 4. The highest BCUT2D eigenvalue weighted by atomic mass is 16.5. The molecule has 4 nitrogen and oxygen atoms in total. The van der Waals surface area contributed by atoms with Crippen molar-refractivity contribution in [1.29, 1.82) is 0 Å².